The van der Waals surface area contributed by atoms with Crippen molar-refractivity contribution >= 4 is 17.7 Å². The lowest BCUT2D eigenvalue weighted by atomic mass is 10.2. The van der Waals surface area contributed by atoms with E-state index in [1.807, 2.05) is 6.92 Å². The van der Waals surface area contributed by atoms with Crippen LogP contribution in [0.25, 0.3) is 0 Å². The van der Waals surface area contributed by atoms with E-state index < -0.39 is 0 Å². The minimum Gasteiger partial charge on any atom is -0.376 e. The summed E-state index contributed by atoms with van der Waals surface area (Å²) in [6.07, 6.45) is 4.64. The first-order chi connectivity index (χ1) is 10.6. The van der Waals surface area contributed by atoms with Crippen LogP contribution in [0, 0.1) is 13.8 Å². The molecule has 0 saturated carbocycles. The zero-order valence-electron chi connectivity index (χ0n) is 13.9. The summed E-state index contributed by atoms with van der Waals surface area (Å²) in [7, 11) is 0. The molecule has 1 aliphatic heterocycles. The summed E-state index contributed by atoms with van der Waals surface area (Å²) in [5.41, 5.74) is 2.26. The summed E-state index contributed by atoms with van der Waals surface area (Å²) in [5, 5.41) is 3.91. The van der Waals surface area contributed by atoms with Gasteiger partial charge in [-0.1, -0.05) is 25.1 Å². The molecule has 1 aromatic heterocycles. The minimum atomic E-state index is 0.0563. The van der Waals surface area contributed by atoms with Crippen molar-refractivity contribution in [2.45, 2.75) is 64.3 Å². The SMILES string of the molecule is CCCCn1c(SCC(=O)NCC2CCCO2)nc(C)c1C. The molecule has 1 aliphatic rings. The number of carbonyl (C=O) groups is 1. The minimum absolute atomic E-state index is 0.0563. The maximum absolute atomic E-state index is 12.0. The third kappa shape index (κ3) is 4.74. The molecule has 0 bridgehead atoms. The van der Waals surface area contributed by atoms with E-state index in [0.717, 1.165) is 49.7 Å². The molecular weight excluding hydrogens is 298 g/mol. The lowest BCUT2D eigenvalue weighted by Gasteiger charge is -2.11. The molecule has 5 nitrogen and oxygen atoms in total. The molecule has 2 heterocycles. The van der Waals surface area contributed by atoms with Crippen molar-refractivity contribution in [3.8, 4) is 0 Å². The number of carbonyl (C=O) groups excluding carboxylic acids is 1. The van der Waals surface area contributed by atoms with Crippen LogP contribution in [0.3, 0.4) is 0 Å². The summed E-state index contributed by atoms with van der Waals surface area (Å²) in [5.74, 6) is 0.468. The van der Waals surface area contributed by atoms with Crippen molar-refractivity contribution in [1.82, 2.24) is 14.9 Å². The Morgan fingerprint density at radius 3 is 3.00 bits per heavy atom. The van der Waals surface area contributed by atoms with Crippen molar-refractivity contribution in [3.63, 3.8) is 0 Å². The Kier molecular flexibility index (Phi) is 6.76. The van der Waals surface area contributed by atoms with Crippen molar-refractivity contribution in [2.24, 2.45) is 0 Å². The van der Waals surface area contributed by atoms with Crippen molar-refractivity contribution in [2.75, 3.05) is 18.9 Å². The van der Waals surface area contributed by atoms with Crippen molar-refractivity contribution in [3.05, 3.63) is 11.4 Å². The molecule has 0 aromatic carbocycles. The van der Waals surface area contributed by atoms with Gasteiger partial charge in [0.2, 0.25) is 5.91 Å². The molecule has 6 heteroatoms. The first-order valence-electron chi connectivity index (χ1n) is 8.16. The number of nitrogens with zero attached hydrogens (tertiary/aromatic N) is 2. The standard InChI is InChI=1S/C16H27N3O2S/c1-4-5-8-19-13(3)12(2)18-16(19)22-11-15(20)17-10-14-7-6-9-21-14/h14H,4-11H2,1-3H3,(H,17,20). The fourth-order valence-corrected chi connectivity index (χ4v) is 3.48. The number of hydrogen-bond donors (Lipinski definition) is 1. The van der Waals surface area contributed by atoms with Gasteiger partial charge in [-0.2, -0.15) is 0 Å². The quantitative estimate of drug-likeness (QED) is 0.747. The monoisotopic (exact) mass is 325 g/mol. The molecule has 1 fully saturated rings. The summed E-state index contributed by atoms with van der Waals surface area (Å²) in [6, 6.07) is 0. The van der Waals surface area contributed by atoms with Gasteiger partial charge in [-0.15, -0.1) is 0 Å². The van der Waals surface area contributed by atoms with Gasteiger partial charge in [0.25, 0.3) is 0 Å². The van der Waals surface area contributed by atoms with E-state index in [-0.39, 0.29) is 12.0 Å². The van der Waals surface area contributed by atoms with E-state index in [4.69, 9.17) is 4.74 Å². The van der Waals surface area contributed by atoms with Crippen LogP contribution in [0.15, 0.2) is 5.16 Å². The van der Waals surface area contributed by atoms with Gasteiger partial charge < -0.3 is 14.6 Å². The number of thioether (sulfide) groups is 1. The van der Waals surface area contributed by atoms with Gasteiger partial charge >= 0.3 is 0 Å². The molecule has 1 saturated heterocycles. The highest BCUT2D eigenvalue weighted by molar-refractivity contribution is 7.99. The zero-order valence-corrected chi connectivity index (χ0v) is 14.7. The Labute approximate surface area is 137 Å². The Balaban J connectivity index is 1.82. The van der Waals surface area contributed by atoms with Gasteiger partial charge in [0.1, 0.15) is 0 Å². The number of amides is 1. The van der Waals surface area contributed by atoms with Crippen molar-refractivity contribution < 1.29 is 9.53 Å². The summed E-state index contributed by atoms with van der Waals surface area (Å²) < 4.78 is 7.74. The lowest BCUT2D eigenvalue weighted by molar-refractivity contribution is -0.119. The number of aryl methyl sites for hydroxylation is 1. The molecule has 0 radical (unpaired) electrons. The fraction of sp³-hybridized carbons (Fsp3) is 0.750. The highest BCUT2D eigenvalue weighted by Crippen LogP contribution is 2.21. The maximum atomic E-state index is 12.0. The second kappa shape index (κ2) is 8.58. The first-order valence-corrected chi connectivity index (χ1v) is 9.15. The molecule has 124 valence electrons. The molecule has 1 atom stereocenters. The molecule has 2 rings (SSSR count). The van der Waals surface area contributed by atoms with Crippen LogP contribution in [0.1, 0.15) is 44.0 Å². The third-order valence-electron chi connectivity index (χ3n) is 4.04. The Bertz CT molecular complexity index is 496. The van der Waals surface area contributed by atoms with Gasteiger partial charge in [-0.25, -0.2) is 4.98 Å². The predicted molar refractivity (Wildman–Crippen MR) is 89.3 cm³/mol. The second-order valence-electron chi connectivity index (χ2n) is 5.80. The van der Waals surface area contributed by atoms with Gasteiger partial charge in [-0.3, -0.25) is 4.79 Å². The second-order valence-corrected chi connectivity index (χ2v) is 6.74. The summed E-state index contributed by atoms with van der Waals surface area (Å²) in [4.78, 5) is 16.6. The van der Waals surface area contributed by atoms with E-state index in [9.17, 15) is 4.79 Å². The smallest absolute Gasteiger partial charge is 0.230 e. The number of hydrogen-bond acceptors (Lipinski definition) is 4. The van der Waals surface area contributed by atoms with E-state index >= 15 is 0 Å². The van der Waals surface area contributed by atoms with Crippen LogP contribution in [-0.4, -0.2) is 40.5 Å². The summed E-state index contributed by atoms with van der Waals surface area (Å²) >= 11 is 1.52. The first kappa shape index (κ1) is 17.3. The zero-order chi connectivity index (χ0) is 15.9. The Hall–Kier alpha value is -1.01. The Morgan fingerprint density at radius 2 is 2.32 bits per heavy atom. The van der Waals surface area contributed by atoms with Gasteiger partial charge in [0.05, 0.1) is 17.6 Å². The van der Waals surface area contributed by atoms with Gasteiger partial charge in [-0.05, 0) is 33.1 Å². The molecular formula is C16H27N3O2S. The molecule has 1 unspecified atom stereocenters. The number of ether oxygens (including phenoxy) is 1. The predicted octanol–water partition coefficient (Wildman–Crippen LogP) is 2.69. The van der Waals surface area contributed by atoms with Crippen molar-refractivity contribution in [1.29, 1.82) is 0 Å². The molecule has 0 aliphatic carbocycles. The number of rotatable bonds is 8. The number of aromatic nitrogens is 2. The number of nitrogens with one attached hydrogen (secondary N) is 1. The van der Waals surface area contributed by atoms with E-state index in [1.165, 1.54) is 17.5 Å². The molecule has 1 aromatic rings. The lowest BCUT2D eigenvalue weighted by Crippen LogP contribution is -2.32. The average Bonchev–Trinajstić information content (AvgIpc) is 3.11. The highest BCUT2D eigenvalue weighted by Gasteiger charge is 2.17. The molecule has 1 amide bonds. The van der Waals surface area contributed by atoms with Crippen LogP contribution < -0.4 is 5.32 Å². The van der Waals surface area contributed by atoms with E-state index in [1.54, 1.807) is 0 Å². The third-order valence-corrected chi connectivity index (χ3v) is 5.02. The van der Waals surface area contributed by atoms with Crippen LogP contribution in [0.5, 0.6) is 0 Å². The average molecular weight is 325 g/mol. The number of imidazole rings is 1. The van der Waals surface area contributed by atoms with Gasteiger partial charge in [0.15, 0.2) is 5.16 Å². The highest BCUT2D eigenvalue weighted by atomic mass is 32.2. The van der Waals surface area contributed by atoms with E-state index in [2.05, 4.69) is 28.7 Å². The maximum Gasteiger partial charge on any atom is 0.230 e. The number of unbranched alkanes of at least 4 members (excludes halogenated alkanes) is 1. The summed E-state index contributed by atoms with van der Waals surface area (Å²) in [6.45, 7) is 8.73. The van der Waals surface area contributed by atoms with Crippen LogP contribution in [0.2, 0.25) is 0 Å². The topological polar surface area (TPSA) is 56.2 Å². The van der Waals surface area contributed by atoms with Crippen LogP contribution in [0.4, 0.5) is 0 Å². The van der Waals surface area contributed by atoms with Gasteiger partial charge in [0, 0.05) is 25.4 Å². The van der Waals surface area contributed by atoms with Crippen LogP contribution >= 0.6 is 11.8 Å². The molecule has 0 spiro atoms. The molecule has 1 N–H and O–H groups in total. The normalized spacial score (nSPS) is 17.9. The Morgan fingerprint density at radius 1 is 1.50 bits per heavy atom. The molecule has 22 heavy (non-hydrogen) atoms. The fourth-order valence-electron chi connectivity index (χ4n) is 2.53. The largest absolute Gasteiger partial charge is 0.376 e. The van der Waals surface area contributed by atoms with Crippen LogP contribution in [-0.2, 0) is 16.1 Å². The van der Waals surface area contributed by atoms with E-state index in [0.29, 0.717) is 12.3 Å².